The Hall–Kier alpha value is -4.30. The van der Waals surface area contributed by atoms with Crippen molar-refractivity contribution in [1.29, 1.82) is 0 Å². The lowest BCUT2D eigenvalue weighted by atomic mass is 10.3. The summed E-state index contributed by atoms with van der Waals surface area (Å²) in [4.78, 5) is 71.9. The molecule has 0 bridgehead atoms. The molecule has 0 saturated heterocycles. The summed E-state index contributed by atoms with van der Waals surface area (Å²) in [7, 11) is 4.37. The quantitative estimate of drug-likeness (QED) is 0.0506. The van der Waals surface area contributed by atoms with E-state index in [2.05, 4.69) is 54.0 Å². The molecule has 0 amide bonds. The number of benzene rings is 2. The molecule has 0 atom stereocenters. The first-order chi connectivity index (χ1) is 31.2. The van der Waals surface area contributed by atoms with Gasteiger partial charge >= 0.3 is 35.7 Å². The summed E-state index contributed by atoms with van der Waals surface area (Å²) >= 11 is 35.3. The Morgan fingerprint density at radius 3 is 1.46 bits per heavy atom. The average Bonchev–Trinajstić information content (AvgIpc) is 3.96. The number of halogens is 12. The van der Waals surface area contributed by atoms with E-state index >= 15 is 0 Å². The molecule has 0 radical (unpaired) electrons. The Balaban J connectivity index is 0.000000292. The number of thiol groups is 1. The highest BCUT2D eigenvalue weighted by Crippen LogP contribution is 2.36. The zero-order valence-corrected chi connectivity index (χ0v) is 42.4. The largest absolute Gasteiger partial charge is 0.468 e. The Labute approximate surface area is 419 Å². The summed E-state index contributed by atoms with van der Waals surface area (Å²) in [6.45, 7) is 0. The first kappa shape index (κ1) is 57.0. The van der Waals surface area contributed by atoms with Gasteiger partial charge in [0.2, 0.25) is 0 Å². The van der Waals surface area contributed by atoms with Crippen LogP contribution in [0.3, 0.4) is 0 Å². The third kappa shape index (κ3) is 14.1. The first-order valence-electron chi connectivity index (χ1n) is 17.6. The van der Waals surface area contributed by atoms with Gasteiger partial charge in [-0.25, -0.2) is 28.3 Å². The van der Waals surface area contributed by atoms with E-state index in [-0.39, 0.29) is 53.6 Å². The van der Waals surface area contributed by atoms with Crippen molar-refractivity contribution < 1.29 is 54.2 Å². The van der Waals surface area contributed by atoms with Gasteiger partial charge in [-0.05, 0) is 42.2 Å². The van der Waals surface area contributed by atoms with Crippen LogP contribution < -0.4 is 22.5 Å². The summed E-state index contributed by atoms with van der Waals surface area (Å²) in [5, 5.41) is 0.782. The van der Waals surface area contributed by atoms with E-state index in [1.165, 1.54) is 57.1 Å². The number of carbonyl (C=O) groups is 2. The summed E-state index contributed by atoms with van der Waals surface area (Å²) in [5.74, 6) is 2.19. The number of methoxy groups -OCH3 is 2. The molecule has 0 saturated carbocycles. The number of furan rings is 2. The van der Waals surface area contributed by atoms with Crippen LogP contribution in [0.5, 0.6) is 0 Å². The molecule has 0 aliphatic carbocycles. The predicted molar refractivity (Wildman–Crippen MR) is 249 cm³/mol. The number of rotatable bonds is 8. The number of hydrogen-bond acceptors (Lipinski definition) is 12. The minimum atomic E-state index is -4.89. The average molecular weight is 1190 g/mol. The van der Waals surface area contributed by atoms with Crippen LogP contribution in [-0.2, 0) is 47.0 Å². The van der Waals surface area contributed by atoms with Crippen molar-refractivity contribution in [3.05, 3.63) is 157 Å². The van der Waals surface area contributed by atoms with Gasteiger partial charge < -0.3 is 18.3 Å². The van der Waals surface area contributed by atoms with E-state index in [1.807, 2.05) is 5.83 Å². The van der Waals surface area contributed by atoms with Gasteiger partial charge in [-0.1, -0.05) is 78.3 Å². The smallest absolute Gasteiger partial charge is 0.431 e. The standard InChI is InChI=1S/C19H13Cl2F3N2O5S.C12H7Cl2F3N2O2S.C7H7BrO3.CH3Br/c1-25-15(19(22,23)24)6-16(27)26(18(25)29)13-5-14(12(21)4-11(13)20)32-8-10-3-9(7-31-10)17(28)30-2;1-18-9(12(15,16)17)4-10(20)19(11(18)21)7-3-8(22)6(14)2-5(7)13;1-10-7(9)5-2-6(3-8)11-4-5;1-2/h3-7H,8H2,1-2H3;2-4,22H,1H3;2,4H,3H2,1H3;1H3. The van der Waals surface area contributed by atoms with Crippen LogP contribution in [0.15, 0.2) is 98.9 Å². The van der Waals surface area contributed by atoms with Crippen molar-refractivity contribution in [2.45, 2.75) is 33.2 Å². The third-order valence-electron chi connectivity index (χ3n) is 8.37. The number of thioether (sulfide) groups is 1. The minimum Gasteiger partial charge on any atom is -0.468 e. The lowest BCUT2D eigenvalue weighted by Crippen LogP contribution is -2.40. The van der Waals surface area contributed by atoms with Crippen molar-refractivity contribution in [2.75, 3.05) is 20.1 Å². The molecule has 14 nitrogen and oxygen atoms in total. The first-order valence-corrected chi connectivity index (χ1v) is 23.3. The molecule has 0 N–H and O–H groups in total. The Bertz CT molecular complexity index is 3030. The number of esters is 2. The van der Waals surface area contributed by atoms with Gasteiger partial charge in [-0.2, -0.15) is 26.3 Å². The highest BCUT2D eigenvalue weighted by Gasteiger charge is 2.36. The van der Waals surface area contributed by atoms with Crippen molar-refractivity contribution in [3.63, 3.8) is 0 Å². The van der Waals surface area contributed by atoms with Gasteiger partial charge in [-0.3, -0.25) is 18.7 Å². The second-order valence-electron chi connectivity index (χ2n) is 12.6. The fraction of sp³-hybridized carbons (Fsp3) is 0.231. The maximum absolute atomic E-state index is 13.1. The molecular formula is C39H30Br2Cl4F6N4O10S2. The molecule has 0 fully saturated rings. The van der Waals surface area contributed by atoms with Gasteiger partial charge in [0.05, 0.1) is 67.9 Å². The van der Waals surface area contributed by atoms with Crippen LogP contribution in [0.4, 0.5) is 26.3 Å². The number of carbonyl (C=O) groups excluding carboxylic acids is 2. The monoisotopic (exact) mass is 1190 g/mol. The summed E-state index contributed by atoms with van der Waals surface area (Å²) in [6, 6.07) is 8.80. The Morgan fingerprint density at radius 2 is 1.06 bits per heavy atom. The van der Waals surface area contributed by atoms with Crippen LogP contribution in [0, 0.1) is 0 Å². The highest BCUT2D eigenvalue weighted by atomic mass is 79.9. The second kappa shape index (κ2) is 24.3. The zero-order valence-electron chi connectivity index (χ0n) is 34.5. The Morgan fingerprint density at radius 1 is 0.657 bits per heavy atom. The Kier molecular flexibility index (Phi) is 20.7. The van der Waals surface area contributed by atoms with E-state index < -0.39 is 52.2 Å². The van der Waals surface area contributed by atoms with Crippen LogP contribution >= 0.6 is 103 Å². The van der Waals surface area contributed by atoms with Crippen molar-refractivity contribution in [3.8, 4) is 11.4 Å². The second-order valence-corrected chi connectivity index (χ2v) is 16.3. The van der Waals surface area contributed by atoms with E-state index in [9.17, 15) is 55.1 Å². The van der Waals surface area contributed by atoms with E-state index in [0.29, 0.717) is 57.7 Å². The molecule has 0 aliphatic rings. The maximum atomic E-state index is 13.1. The maximum Gasteiger partial charge on any atom is 0.431 e. The molecule has 67 heavy (non-hydrogen) atoms. The summed E-state index contributed by atoms with van der Waals surface area (Å²) in [6.07, 6.45) is -7.11. The molecular weight excluding hydrogens is 1160 g/mol. The molecule has 0 unspecified atom stereocenters. The molecule has 4 aromatic heterocycles. The van der Waals surface area contributed by atoms with Crippen LogP contribution in [0.1, 0.15) is 43.6 Å². The van der Waals surface area contributed by atoms with Crippen molar-refractivity contribution in [1.82, 2.24) is 18.3 Å². The number of aromatic nitrogens is 4. The number of ether oxygens (including phenoxy) is 2. The van der Waals surface area contributed by atoms with Gasteiger partial charge in [0.1, 0.15) is 35.4 Å². The topological polar surface area (TPSA) is 167 Å². The van der Waals surface area contributed by atoms with Gasteiger partial charge in [0.15, 0.2) is 0 Å². The van der Waals surface area contributed by atoms with E-state index in [1.54, 1.807) is 6.07 Å². The lowest BCUT2D eigenvalue weighted by molar-refractivity contribution is -0.144. The molecule has 4 heterocycles. The summed E-state index contributed by atoms with van der Waals surface area (Å²) in [5.41, 5.74) is -7.08. The molecule has 0 aliphatic heterocycles. The van der Waals surface area contributed by atoms with Crippen molar-refractivity contribution in [2.24, 2.45) is 14.1 Å². The van der Waals surface area contributed by atoms with Gasteiger partial charge in [-0.15, -0.1) is 24.4 Å². The molecule has 0 spiro atoms. The fourth-order valence-electron chi connectivity index (χ4n) is 5.24. The molecule has 28 heteroatoms. The number of nitrogens with zero attached hydrogens (tertiary/aromatic N) is 4. The van der Waals surface area contributed by atoms with Crippen LogP contribution in [0.25, 0.3) is 11.4 Å². The zero-order chi connectivity index (χ0) is 50.9. The normalized spacial score (nSPS) is 11.1. The van der Waals surface area contributed by atoms with Gasteiger partial charge in [0.25, 0.3) is 11.1 Å². The molecule has 2 aromatic carbocycles. The predicted octanol–water partition coefficient (Wildman–Crippen LogP) is 10.7. The lowest BCUT2D eigenvalue weighted by Gasteiger charge is -2.15. The van der Waals surface area contributed by atoms with Gasteiger partial charge in [0, 0.05) is 36.0 Å². The fourth-order valence-corrected chi connectivity index (χ4v) is 7.66. The van der Waals surface area contributed by atoms with Crippen molar-refractivity contribution >= 4 is 115 Å². The van der Waals surface area contributed by atoms with Crippen LogP contribution in [0.2, 0.25) is 20.1 Å². The third-order valence-corrected chi connectivity index (χ3v) is 11.8. The highest BCUT2D eigenvalue weighted by molar-refractivity contribution is 9.09. The number of hydrogen-bond donors (Lipinski definition) is 1. The minimum absolute atomic E-state index is 0.0678. The summed E-state index contributed by atoms with van der Waals surface area (Å²) < 4.78 is 98.6. The molecule has 362 valence electrons. The SMILES string of the molecule is CBr.COC(=O)c1coc(CBr)c1.COC(=O)c1coc(CSc2cc(-n3c(=O)cc(C(F)(F)F)n(C)c3=O)c(Cl)cc2Cl)c1.Cn1c(C(F)(F)F)cc(=O)n(-c2cc(S)c(Cl)cc2Cl)c1=O. The van der Waals surface area contributed by atoms with E-state index in [0.717, 1.165) is 25.9 Å². The van der Waals surface area contributed by atoms with E-state index in [4.69, 9.17) is 55.2 Å². The molecule has 6 rings (SSSR count). The number of alkyl halides is 8. The molecule has 6 aromatic rings. The van der Waals surface area contributed by atoms with Crippen LogP contribution in [-0.4, -0.2) is 50.3 Å².